The van der Waals surface area contributed by atoms with E-state index < -0.39 is 0 Å². The molecule has 0 fully saturated rings. The van der Waals surface area contributed by atoms with Crippen LogP contribution in [0.3, 0.4) is 0 Å². The molecule has 0 radical (unpaired) electrons. The molecule has 2 aromatic rings. The lowest BCUT2D eigenvalue weighted by Gasteiger charge is -2.02. The molecule has 0 bridgehead atoms. The lowest BCUT2D eigenvalue weighted by atomic mass is 10.1. The van der Waals surface area contributed by atoms with Gasteiger partial charge >= 0.3 is 0 Å². The highest BCUT2D eigenvalue weighted by atomic mass is 35.5. The van der Waals surface area contributed by atoms with Gasteiger partial charge in [-0.1, -0.05) is 23.7 Å². The first kappa shape index (κ1) is 12.0. The van der Waals surface area contributed by atoms with Crippen molar-refractivity contribution >= 4 is 17.4 Å². The molecule has 17 heavy (non-hydrogen) atoms. The van der Waals surface area contributed by atoms with Crippen LogP contribution < -0.4 is 5.73 Å². The normalized spacial score (nSPS) is 10.8. The molecular weight excluding hydrogens is 238 g/mol. The summed E-state index contributed by atoms with van der Waals surface area (Å²) in [6, 6.07) is 7.54. The van der Waals surface area contributed by atoms with E-state index in [4.69, 9.17) is 22.4 Å². The molecule has 1 aromatic heterocycles. The number of nitrogens with two attached hydrogens (primary N) is 1. The maximum atomic E-state index is 8.87. The van der Waals surface area contributed by atoms with E-state index in [0.29, 0.717) is 17.4 Å². The molecule has 90 valence electrons. The van der Waals surface area contributed by atoms with Gasteiger partial charge in [-0.15, -0.1) is 0 Å². The predicted molar refractivity (Wildman–Crippen MR) is 68.9 cm³/mol. The first-order valence-corrected chi connectivity index (χ1v) is 5.70. The van der Waals surface area contributed by atoms with Crippen molar-refractivity contribution in [1.29, 1.82) is 0 Å². The van der Waals surface area contributed by atoms with E-state index in [1.54, 1.807) is 10.7 Å². The number of anilines is 1. The summed E-state index contributed by atoms with van der Waals surface area (Å²) in [5.41, 5.74) is 8.46. The van der Waals surface area contributed by atoms with Crippen LogP contribution in [-0.4, -0.2) is 21.5 Å². The van der Waals surface area contributed by atoms with E-state index in [-0.39, 0.29) is 6.61 Å². The number of aliphatic hydroxyl groups is 1. The zero-order chi connectivity index (χ0) is 12.4. The van der Waals surface area contributed by atoms with Crippen LogP contribution >= 0.6 is 11.6 Å². The maximum Gasteiger partial charge on any atom is 0.122 e. The average Bonchev–Trinajstić information content (AvgIpc) is 2.60. The van der Waals surface area contributed by atoms with Gasteiger partial charge in [0.2, 0.25) is 0 Å². The highest BCUT2D eigenvalue weighted by molar-refractivity contribution is 6.33. The van der Waals surface area contributed by atoms with Crippen molar-refractivity contribution in [2.45, 2.75) is 13.5 Å². The third-order valence-electron chi connectivity index (χ3n) is 2.52. The summed E-state index contributed by atoms with van der Waals surface area (Å²) >= 11 is 6.16. The fourth-order valence-corrected chi connectivity index (χ4v) is 2.00. The Hall–Kier alpha value is -1.52. The second-order valence-corrected chi connectivity index (χ2v) is 4.29. The van der Waals surface area contributed by atoms with Crippen LogP contribution in [0.2, 0.25) is 5.02 Å². The van der Waals surface area contributed by atoms with E-state index in [9.17, 15) is 0 Å². The molecule has 0 aliphatic heterocycles. The second kappa shape index (κ2) is 4.77. The van der Waals surface area contributed by atoms with E-state index >= 15 is 0 Å². The number of aryl methyl sites for hydroxylation is 1. The Balaban J connectivity index is 2.42. The number of rotatable bonds is 3. The molecule has 0 amide bonds. The minimum atomic E-state index is 0.00689. The average molecular weight is 252 g/mol. The number of hydrogen-bond donors (Lipinski definition) is 2. The lowest BCUT2D eigenvalue weighted by Crippen LogP contribution is -2.07. The smallest absolute Gasteiger partial charge is 0.122 e. The van der Waals surface area contributed by atoms with Crippen LogP contribution in [0.1, 0.15) is 5.56 Å². The molecule has 5 heteroatoms. The third kappa shape index (κ3) is 2.43. The first-order valence-electron chi connectivity index (χ1n) is 5.32. The molecule has 0 spiro atoms. The summed E-state index contributed by atoms with van der Waals surface area (Å²) in [6.07, 6.45) is 0. The Bertz CT molecular complexity index is 537. The van der Waals surface area contributed by atoms with Gasteiger partial charge in [-0.2, -0.15) is 5.10 Å². The van der Waals surface area contributed by atoms with Crippen LogP contribution in [0, 0.1) is 6.92 Å². The van der Waals surface area contributed by atoms with Crippen molar-refractivity contribution in [3.8, 4) is 11.3 Å². The standard InChI is InChI=1S/C12H14ClN3O/c1-8-2-3-9(10(13)6-8)11-7-12(14)16(15-11)4-5-17/h2-3,6-7,17H,4-5,14H2,1H3. The Kier molecular flexibility index (Phi) is 3.36. The zero-order valence-corrected chi connectivity index (χ0v) is 10.3. The number of hydrogen-bond acceptors (Lipinski definition) is 3. The molecule has 1 aromatic carbocycles. The van der Waals surface area contributed by atoms with Gasteiger partial charge in [-0.25, -0.2) is 4.68 Å². The van der Waals surface area contributed by atoms with Crippen molar-refractivity contribution in [2.75, 3.05) is 12.3 Å². The minimum absolute atomic E-state index is 0.00689. The van der Waals surface area contributed by atoms with Crippen LogP contribution in [0.15, 0.2) is 24.3 Å². The van der Waals surface area contributed by atoms with Crippen LogP contribution in [-0.2, 0) is 6.54 Å². The largest absolute Gasteiger partial charge is 0.394 e. The van der Waals surface area contributed by atoms with Crippen LogP contribution in [0.5, 0.6) is 0 Å². The van der Waals surface area contributed by atoms with Gasteiger partial charge in [0.05, 0.1) is 23.9 Å². The molecule has 0 saturated heterocycles. The number of aliphatic hydroxyl groups excluding tert-OH is 1. The molecular formula is C12H14ClN3O. The van der Waals surface area contributed by atoms with Crippen LogP contribution in [0.25, 0.3) is 11.3 Å². The molecule has 4 nitrogen and oxygen atoms in total. The monoisotopic (exact) mass is 251 g/mol. The van der Waals surface area contributed by atoms with Crippen molar-refractivity contribution in [2.24, 2.45) is 0 Å². The second-order valence-electron chi connectivity index (χ2n) is 3.88. The van der Waals surface area contributed by atoms with Crippen molar-refractivity contribution in [1.82, 2.24) is 9.78 Å². The first-order chi connectivity index (χ1) is 8.11. The van der Waals surface area contributed by atoms with Crippen molar-refractivity contribution in [3.05, 3.63) is 34.9 Å². The Morgan fingerprint density at radius 3 is 2.82 bits per heavy atom. The summed E-state index contributed by atoms with van der Waals surface area (Å²) in [4.78, 5) is 0. The predicted octanol–water partition coefficient (Wildman–Crippen LogP) is 2.09. The summed E-state index contributed by atoms with van der Waals surface area (Å²) in [7, 11) is 0. The zero-order valence-electron chi connectivity index (χ0n) is 9.52. The number of benzene rings is 1. The fourth-order valence-electron chi connectivity index (χ4n) is 1.66. The highest BCUT2D eigenvalue weighted by Crippen LogP contribution is 2.28. The summed E-state index contributed by atoms with van der Waals surface area (Å²) in [6.45, 7) is 2.37. The maximum absolute atomic E-state index is 8.87. The number of aromatic nitrogens is 2. The Morgan fingerprint density at radius 2 is 2.18 bits per heavy atom. The van der Waals surface area contributed by atoms with Gasteiger partial charge in [0, 0.05) is 11.6 Å². The van der Waals surface area contributed by atoms with E-state index in [1.807, 2.05) is 25.1 Å². The summed E-state index contributed by atoms with van der Waals surface area (Å²) in [5, 5.41) is 13.8. The molecule has 0 saturated carbocycles. The third-order valence-corrected chi connectivity index (χ3v) is 2.84. The highest BCUT2D eigenvalue weighted by Gasteiger charge is 2.10. The van der Waals surface area contributed by atoms with Gasteiger partial charge in [-0.05, 0) is 18.6 Å². The quantitative estimate of drug-likeness (QED) is 0.878. The van der Waals surface area contributed by atoms with Gasteiger partial charge in [0.1, 0.15) is 5.82 Å². The van der Waals surface area contributed by atoms with Crippen LogP contribution in [0.4, 0.5) is 5.82 Å². The number of halogens is 1. The fraction of sp³-hybridized carbons (Fsp3) is 0.250. The van der Waals surface area contributed by atoms with E-state index in [1.165, 1.54) is 0 Å². The van der Waals surface area contributed by atoms with Gasteiger partial charge < -0.3 is 10.8 Å². The molecule has 0 aliphatic carbocycles. The van der Waals surface area contributed by atoms with Crippen molar-refractivity contribution in [3.63, 3.8) is 0 Å². The Labute approximate surface area is 105 Å². The molecule has 0 atom stereocenters. The van der Waals surface area contributed by atoms with Gasteiger partial charge in [0.15, 0.2) is 0 Å². The minimum Gasteiger partial charge on any atom is -0.394 e. The Morgan fingerprint density at radius 1 is 1.41 bits per heavy atom. The van der Waals surface area contributed by atoms with Gasteiger partial charge in [0.25, 0.3) is 0 Å². The number of nitrogen functional groups attached to an aromatic ring is 1. The van der Waals surface area contributed by atoms with E-state index in [0.717, 1.165) is 16.8 Å². The van der Waals surface area contributed by atoms with E-state index in [2.05, 4.69) is 5.10 Å². The topological polar surface area (TPSA) is 64.1 Å². The SMILES string of the molecule is Cc1ccc(-c2cc(N)n(CCO)n2)c(Cl)c1. The van der Waals surface area contributed by atoms with Gasteiger partial charge in [-0.3, -0.25) is 0 Å². The lowest BCUT2D eigenvalue weighted by molar-refractivity contribution is 0.270. The number of nitrogens with zero attached hydrogens (tertiary/aromatic N) is 2. The van der Waals surface area contributed by atoms with Crippen molar-refractivity contribution < 1.29 is 5.11 Å². The molecule has 0 unspecified atom stereocenters. The molecule has 2 rings (SSSR count). The summed E-state index contributed by atoms with van der Waals surface area (Å²) in [5.74, 6) is 0.519. The summed E-state index contributed by atoms with van der Waals surface area (Å²) < 4.78 is 1.56. The molecule has 0 aliphatic rings. The molecule has 1 heterocycles. The molecule has 3 N–H and O–H groups in total.